The fourth-order valence-electron chi connectivity index (χ4n) is 1.37. The van der Waals surface area contributed by atoms with Crippen molar-refractivity contribution in [2.45, 2.75) is 6.92 Å². The predicted molar refractivity (Wildman–Crippen MR) is 73.4 cm³/mol. The van der Waals surface area contributed by atoms with Crippen LogP contribution < -0.4 is 0 Å². The van der Waals surface area contributed by atoms with Crippen LogP contribution in [-0.4, -0.2) is 9.55 Å². The molecule has 1 aromatic heterocycles. The van der Waals surface area contributed by atoms with Crippen molar-refractivity contribution < 1.29 is 0 Å². The smallest absolute Gasteiger partial charge is 0.182 e. The normalized spacial score (nSPS) is 10.6. The first-order chi connectivity index (χ1) is 7.08. The Hall–Kier alpha value is -0.330. The van der Waals surface area contributed by atoms with Crippen LogP contribution in [0, 0.1) is 15.3 Å². The lowest BCUT2D eigenvalue weighted by Crippen LogP contribution is -1.93. The molecule has 0 saturated carbocycles. The maximum absolute atomic E-state index is 6.16. The first kappa shape index (κ1) is 11.2. The van der Waals surface area contributed by atoms with Gasteiger partial charge in [0.25, 0.3) is 0 Å². The van der Waals surface area contributed by atoms with Crippen molar-refractivity contribution in [2.75, 3.05) is 0 Å². The van der Waals surface area contributed by atoms with Crippen LogP contribution in [0.4, 0.5) is 0 Å². The van der Waals surface area contributed by atoms with E-state index in [1.165, 1.54) is 0 Å². The van der Waals surface area contributed by atoms with Crippen molar-refractivity contribution in [3.63, 3.8) is 0 Å². The molecule has 0 radical (unpaired) electrons. The van der Waals surface area contributed by atoms with Crippen LogP contribution in [0.2, 0.25) is 5.02 Å². The van der Waals surface area contributed by atoms with Crippen molar-refractivity contribution >= 4 is 46.4 Å². The van der Waals surface area contributed by atoms with Crippen LogP contribution in [0.25, 0.3) is 5.69 Å². The summed E-state index contributed by atoms with van der Waals surface area (Å²) in [6, 6.07) is 5.89. The lowest BCUT2D eigenvalue weighted by atomic mass is 10.3. The molecule has 78 valence electrons. The van der Waals surface area contributed by atoms with Gasteiger partial charge in [-0.05, 0) is 59.9 Å². The molecule has 0 amide bonds. The van der Waals surface area contributed by atoms with Gasteiger partial charge in [0, 0.05) is 15.5 Å². The van der Waals surface area contributed by atoms with Crippen LogP contribution in [0.3, 0.4) is 0 Å². The van der Waals surface area contributed by atoms with Gasteiger partial charge in [-0.2, -0.15) is 0 Å². The number of imidazole rings is 1. The third kappa shape index (κ3) is 2.26. The Kier molecular flexibility index (Phi) is 3.18. The van der Waals surface area contributed by atoms with Gasteiger partial charge in [-0.25, -0.2) is 0 Å². The molecular formula is C10H8ClIN2S. The highest BCUT2D eigenvalue weighted by Gasteiger charge is 2.05. The minimum Gasteiger partial charge on any atom is -0.335 e. The second-order valence-electron chi connectivity index (χ2n) is 3.21. The molecule has 0 unspecified atom stereocenters. The molecule has 0 fully saturated rings. The fourth-order valence-corrected chi connectivity index (χ4v) is 2.63. The number of halogens is 2. The molecular weight excluding hydrogens is 343 g/mol. The summed E-state index contributed by atoms with van der Waals surface area (Å²) < 4.78 is 3.65. The highest BCUT2D eigenvalue weighted by molar-refractivity contribution is 14.1. The Bertz CT molecular complexity index is 559. The number of H-pyrrole nitrogens is 1. The van der Waals surface area contributed by atoms with E-state index in [1.807, 2.05) is 35.9 Å². The molecule has 0 spiro atoms. The number of hydrogen-bond donors (Lipinski definition) is 1. The van der Waals surface area contributed by atoms with Crippen LogP contribution in [0.15, 0.2) is 24.4 Å². The quantitative estimate of drug-likeness (QED) is 0.606. The van der Waals surface area contributed by atoms with Gasteiger partial charge in [-0.15, -0.1) is 0 Å². The summed E-state index contributed by atoms with van der Waals surface area (Å²) in [6.45, 7) is 1.97. The van der Waals surface area contributed by atoms with E-state index in [2.05, 4.69) is 27.6 Å². The number of nitrogens with one attached hydrogen (secondary N) is 1. The molecule has 2 rings (SSSR count). The Morgan fingerprint density at radius 3 is 2.73 bits per heavy atom. The molecule has 0 atom stereocenters. The molecule has 2 aromatic rings. The lowest BCUT2D eigenvalue weighted by Gasteiger charge is -2.05. The maximum atomic E-state index is 6.16. The fraction of sp³-hybridized carbons (Fsp3) is 0.100. The highest BCUT2D eigenvalue weighted by atomic mass is 127. The first-order valence-electron chi connectivity index (χ1n) is 4.31. The Balaban J connectivity index is 2.64. The summed E-state index contributed by atoms with van der Waals surface area (Å²) in [6.07, 6.45) is 1.94. The zero-order valence-corrected chi connectivity index (χ0v) is 11.7. The van der Waals surface area contributed by atoms with Crippen LogP contribution in [-0.2, 0) is 0 Å². The minimum absolute atomic E-state index is 0.663. The zero-order valence-electron chi connectivity index (χ0n) is 7.92. The Labute approximate surface area is 111 Å². The molecule has 0 bridgehead atoms. The molecule has 15 heavy (non-hydrogen) atoms. The molecule has 1 heterocycles. The monoisotopic (exact) mass is 350 g/mol. The third-order valence-electron chi connectivity index (χ3n) is 2.01. The largest absolute Gasteiger partial charge is 0.335 e. The van der Waals surface area contributed by atoms with Gasteiger partial charge in [-0.3, -0.25) is 4.57 Å². The van der Waals surface area contributed by atoms with E-state index in [4.69, 9.17) is 23.8 Å². The minimum atomic E-state index is 0.663. The van der Waals surface area contributed by atoms with Crippen molar-refractivity contribution in [1.29, 1.82) is 0 Å². The van der Waals surface area contributed by atoms with Gasteiger partial charge in [0.15, 0.2) is 4.77 Å². The zero-order chi connectivity index (χ0) is 11.0. The summed E-state index contributed by atoms with van der Waals surface area (Å²) in [5, 5.41) is 0.706. The number of hydrogen-bond acceptors (Lipinski definition) is 1. The van der Waals surface area contributed by atoms with E-state index < -0.39 is 0 Å². The lowest BCUT2D eigenvalue weighted by molar-refractivity contribution is 1.03. The molecule has 0 aliphatic rings. The number of nitrogens with zero attached hydrogens (tertiary/aromatic N) is 1. The average molecular weight is 351 g/mol. The van der Waals surface area contributed by atoms with Crippen LogP contribution >= 0.6 is 46.4 Å². The molecule has 0 saturated heterocycles. The SMILES string of the molecule is Cc1cn(-c2ccc(I)cc2Cl)c(=S)[nH]1. The second-order valence-corrected chi connectivity index (χ2v) is 5.25. The van der Waals surface area contributed by atoms with E-state index in [-0.39, 0.29) is 0 Å². The van der Waals surface area contributed by atoms with Gasteiger partial charge >= 0.3 is 0 Å². The molecule has 1 N–H and O–H groups in total. The average Bonchev–Trinajstić information content (AvgIpc) is 2.45. The van der Waals surface area contributed by atoms with Gasteiger partial charge in [0.1, 0.15) is 0 Å². The Morgan fingerprint density at radius 2 is 2.20 bits per heavy atom. The van der Waals surface area contributed by atoms with E-state index >= 15 is 0 Å². The van der Waals surface area contributed by atoms with Crippen molar-refractivity contribution in [3.8, 4) is 5.69 Å². The molecule has 5 heteroatoms. The van der Waals surface area contributed by atoms with Gasteiger partial charge in [-0.1, -0.05) is 11.6 Å². The topological polar surface area (TPSA) is 20.7 Å². The van der Waals surface area contributed by atoms with Gasteiger partial charge < -0.3 is 4.98 Å². The van der Waals surface area contributed by atoms with Crippen molar-refractivity contribution in [2.24, 2.45) is 0 Å². The summed E-state index contributed by atoms with van der Waals surface area (Å²) in [5.74, 6) is 0. The maximum Gasteiger partial charge on any atom is 0.182 e. The second kappa shape index (κ2) is 4.27. The van der Waals surface area contributed by atoms with E-state index in [9.17, 15) is 0 Å². The predicted octanol–water partition coefficient (Wildman–Crippen LogP) is 4.10. The summed E-state index contributed by atoms with van der Waals surface area (Å²) in [4.78, 5) is 3.07. The van der Waals surface area contributed by atoms with E-state index in [0.717, 1.165) is 15.0 Å². The Morgan fingerprint density at radius 1 is 1.47 bits per heavy atom. The number of aromatic amines is 1. The third-order valence-corrected chi connectivity index (χ3v) is 3.29. The van der Waals surface area contributed by atoms with E-state index in [1.54, 1.807) is 0 Å². The summed E-state index contributed by atoms with van der Waals surface area (Å²) in [5.41, 5.74) is 1.93. The summed E-state index contributed by atoms with van der Waals surface area (Å²) in [7, 11) is 0. The molecule has 0 aliphatic carbocycles. The standard InChI is InChI=1S/C10H8ClIN2S/c1-6-5-14(10(15)13-6)9-3-2-7(12)4-8(9)11/h2-5H,1H3,(H,13,15). The van der Waals surface area contributed by atoms with Gasteiger partial charge in [0.2, 0.25) is 0 Å². The van der Waals surface area contributed by atoms with Crippen LogP contribution in [0.5, 0.6) is 0 Å². The first-order valence-corrected chi connectivity index (χ1v) is 6.18. The van der Waals surface area contributed by atoms with Crippen molar-refractivity contribution in [1.82, 2.24) is 9.55 Å². The summed E-state index contributed by atoms with van der Waals surface area (Å²) >= 11 is 13.6. The van der Waals surface area contributed by atoms with Crippen LogP contribution in [0.1, 0.15) is 5.69 Å². The number of aromatic nitrogens is 2. The molecule has 2 nitrogen and oxygen atoms in total. The molecule has 0 aliphatic heterocycles. The number of rotatable bonds is 1. The highest BCUT2D eigenvalue weighted by Crippen LogP contribution is 2.23. The van der Waals surface area contributed by atoms with Crippen molar-refractivity contribution in [3.05, 3.63) is 43.5 Å². The van der Waals surface area contributed by atoms with E-state index in [0.29, 0.717) is 9.79 Å². The number of benzene rings is 1. The van der Waals surface area contributed by atoms with Gasteiger partial charge in [0.05, 0.1) is 10.7 Å². The number of aryl methyl sites for hydroxylation is 1. The molecule has 1 aromatic carbocycles.